The minimum absolute atomic E-state index is 0.00776. The van der Waals surface area contributed by atoms with Gasteiger partial charge in [0.15, 0.2) is 0 Å². The molecule has 2 atom stereocenters. The molecule has 0 bridgehead atoms. The predicted octanol–water partition coefficient (Wildman–Crippen LogP) is 1.44. The Kier molecular flexibility index (Phi) is 7.34. The van der Waals surface area contributed by atoms with Crippen LogP contribution in [0.15, 0.2) is 53.6 Å². The molecule has 1 aliphatic rings. The van der Waals surface area contributed by atoms with Crippen LogP contribution in [-0.4, -0.2) is 48.7 Å². The molecule has 10 heteroatoms. The van der Waals surface area contributed by atoms with Crippen molar-refractivity contribution in [2.75, 3.05) is 13.1 Å². The lowest BCUT2D eigenvalue weighted by molar-refractivity contribution is -0.131. The molecule has 1 aromatic heterocycles. The van der Waals surface area contributed by atoms with E-state index >= 15 is 0 Å². The summed E-state index contributed by atoms with van der Waals surface area (Å²) in [4.78, 5) is 29.1. The van der Waals surface area contributed by atoms with Gasteiger partial charge >= 0.3 is 0 Å². The summed E-state index contributed by atoms with van der Waals surface area (Å²) < 4.78 is 40.0. The van der Waals surface area contributed by atoms with Crippen LogP contribution in [0.25, 0.3) is 0 Å². The van der Waals surface area contributed by atoms with E-state index in [1.54, 1.807) is 25.3 Å². The second-order valence-corrected chi connectivity index (χ2v) is 9.36. The first kappa shape index (κ1) is 22.8. The third-order valence-electron chi connectivity index (χ3n) is 5.13. The van der Waals surface area contributed by atoms with Gasteiger partial charge in [-0.2, -0.15) is 4.31 Å². The van der Waals surface area contributed by atoms with Crippen molar-refractivity contribution in [3.8, 4) is 0 Å². The van der Waals surface area contributed by atoms with Gasteiger partial charge in [0.1, 0.15) is 11.9 Å². The zero-order chi connectivity index (χ0) is 22.4. The fourth-order valence-corrected chi connectivity index (χ4v) is 4.88. The van der Waals surface area contributed by atoms with E-state index in [1.165, 1.54) is 16.4 Å². The minimum atomic E-state index is -3.83. The first-order valence-electron chi connectivity index (χ1n) is 10.0. The molecule has 1 aromatic carbocycles. The van der Waals surface area contributed by atoms with Crippen LogP contribution in [-0.2, 0) is 26.2 Å². The summed E-state index contributed by atoms with van der Waals surface area (Å²) in [5.74, 6) is -1.83. The quantitative estimate of drug-likeness (QED) is 0.666. The fourth-order valence-electron chi connectivity index (χ4n) is 3.36. The number of aromatic nitrogens is 1. The van der Waals surface area contributed by atoms with Crippen molar-refractivity contribution >= 4 is 21.8 Å². The van der Waals surface area contributed by atoms with Gasteiger partial charge in [0.2, 0.25) is 21.8 Å². The van der Waals surface area contributed by atoms with E-state index in [4.69, 9.17) is 0 Å². The first-order valence-corrected chi connectivity index (χ1v) is 11.4. The highest BCUT2D eigenvalue weighted by Crippen LogP contribution is 2.24. The number of pyridine rings is 1. The van der Waals surface area contributed by atoms with Gasteiger partial charge in [-0.15, -0.1) is 0 Å². The third-order valence-corrected chi connectivity index (χ3v) is 7.01. The highest BCUT2D eigenvalue weighted by molar-refractivity contribution is 7.89. The number of nitrogens with zero attached hydrogens (tertiary/aromatic N) is 2. The number of halogens is 1. The molecule has 0 radical (unpaired) electrons. The van der Waals surface area contributed by atoms with Gasteiger partial charge in [-0.05, 0) is 56.2 Å². The molecule has 0 aliphatic carbocycles. The maximum Gasteiger partial charge on any atom is 0.243 e. The zero-order valence-electron chi connectivity index (χ0n) is 17.1. The molecule has 2 aromatic rings. The van der Waals surface area contributed by atoms with Crippen LogP contribution in [0.3, 0.4) is 0 Å². The fraction of sp³-hybridized carbons (Fsp3) is 0.381. The van der Waals surface area contributed by atoms with Crippen LogP contribution < -0.4 is 10.6 Å². The summed E-state index contributed by atoms with van der Waals surface area (Å²) in [6.45, 7) is 2.10. The molecule has 8 nitrogen and oxygen atoms in total. The summed E-state index contributed by atoms with van der Waals surface area (Å²) in [5.41, 5.74) is 0.697. The molecule has 31 heavy (non-hydrogen) atoms. The number of hydrogen-bond acceptors (Lipinski definition) is 5. The minimum Gasteiger partial charge on any atom is -0.349 e. The van der Waals surface area contributed by atoms with Crippen LogP contribution in [0.5, 0.6) is 0 Å². The number of benzene rings is 1. The molecule has 0 saturated carbocycles. The zero-order valence-corrected chi connectivity index (χ0v) is 17.9. The van der Waals surface area contributed by atoms with E-state index in [0.717, 1.165) is 12.1 Å². The van der Waals surface area contributed by atoms with E-state index in [9.17, 15) is 22.4 Å². The summed E-state index contributed by atoms with van der Waals surface area (Å²) in [6.07, 6.45) is 2.66. The lowest BCUT2D eigenvalue weighted by Gasteiger charge is -2.31. The van der Waals surface area contributed by atoms with Gasteiger partial charge in [0.25, 0.3) is 0 Å². The average molecular weight is 449 g/mol. The summed E-state index contributed by atoms with van der Waals surface area (Å²) >= 11 is 0. The number of carbonyl (C=O) groups is 2. The third kappa shape index (κ3) is 5.86. The van der Waals surface area contributed by atoms with E-state index in [2.05, 4.69) is 15.6 Å². The molecule has 1 fully saturated rings. The van der Waals surface area contributed by atoms with Gasteiger partial charge < -0.3 is 10.6 Å². The number of piperidine rings is 1. The Morgan fingerprint density at radius 1 is 1.23 bits per heavy atom. The summed E-state index contributed by atoms with van der Waals surface area (Å²) in [5, 5.41) is 5.38. The van der Waals surface area contributed by atoms with E-state index in [-0.39, 0.29) is 36.3 Å². The lowest BCUT2D eigenvalue weighted by atomic mass is 9.98. The highest BCUT2D eigenvalue weighted by Gasteiger charge is 2.34. The Labute approximate surface area is 180 Å². The smallest absolute Gasteiger partial charge is 0.243 e. The van der Waals surface area contributed by atoms with Crippen LogP contribution in [0.1, 0.15) is 25.5 Å². The summed E-state index contributed by atoms with van der Waals surface area (Å²) in [7, 11) is -3.83. The topological polar surface area (TPSA) is 108 Å². The van der Waals surface area contributed by atoms with Crippen molar-refractivity contribution in [3.05, 3.63) is 60.2 Å². The van der Waals surface area contributed by atoms with Gasteiger partial charge in [0, 0.05) is 19.3 Å². The maximum absolute atomic E-state index is 13.1. The van der Waals surface area contributed by atoms with Gasteiger partial charge in [-0.3, -0.25) is 14.6 Å². The molecule has 2 heterocycles. The standard InChI is InChI=1S/C21H25FN4O4S/c1-15(20(27)24-13-18-6-2-3-11-23-18)25-21(28)16-5-4-12-26(14-16)31(29,30)19-9-7-17(22)8-10-19/h2-3,6-11,15-16H,4-5,12-14H2,1H3,(H,24,27)(H,25,28)/t15-,16+/m1/s1. The van der Waals surface area contributed by atoms with Crippen LogP contribution in [0, 0.1) is 11.7 Å². The first-order chi connectivity index (χ1) is 14.8. The van der Waals surface area contributed by atoms with Gasteiger partial charge in [-0.25, -0.2) is 12.8 Å². The Morgan fingerprint density at radius 2 is 1.97 bits per heavy atom. The SMILES string of the molecule is C[C@@H](NC(=O)[C@H]1CCCN(S(=O)(=O)c2ccc(F)cc2)C1)C(=O)NCc1ccccn1. The molecular formula is C21H25FN4O4S. The molecule has 1 saturated heterocycles. The Morgan fingerprint density at radius 3 is 2.65 bits per heavy atom. The van der Waals surface area contributed by atoms with Crippen molar-refractivity contribution in [1.29, 1.82) is 0 Å². The number of amides is 2. The highest BCUT2D eigenvalue weighted by atomic mass is 32.2. The van der Waals surface area contributed by atoms with Crippen molar-refractivity contribution in [1.82, 2.24) is 19.9 Å². The maximum atomic E-state index is 13.1. The molecule has 0 unspecified atom stereocenters. The number of rotatable bonds is 7. The molecule has 3 rings (SSSR count). The Hall–Kier alpha value is -2.85. The molecule has 166 valence electrons. The second-order valence-electron chi connectivity index (χ2n) is 7.43. The van der Waals surface area contributed by atoms with Crippen LogP contribution >= 0.6 is 0 Å². The molecule has 2 amide bonds. The number of hydrogen-bond donors (Lipinski definition) is 2. The van der Waals surface area contributed by atoms with Crippen molar-refractivity contribution in [3.63, 3.8) is 0 Å². The van der Waals surface area contributed by atoms with Crippen LogP contribution in [0.2, 0.25) is 0 Å². The summed E-state index contributed by atoms with van der Waals surface area (Å²) in [6, 6.07) is 9.19. The molecule has 2 N–H and O–H groups in total. The van der Waals surface area contributed by atoms with E-state index in [0.29, 0.717) is 18.5 Å². The number of sulfonamides is 1. The Balaban J connectivity index is 1.56. The second kappa shape index (κ2) is 9.97. The Bertz CT molecular complexity index is 1020. The van der Waals surface area contributed by atoms with Crippen LogP contribution in [0.4, 0.5) is 4.39 Å². The predicted molar refractivity (Wildman–Crippen MR) is 112 cm³/mol. The average Bonchev–Trinajstić information content (AvgIpc) is 2.78. The van der Waals surface area contributed by atoms with Crippen molar-refractivity contribution < 1.29 is 22.4 Å². The lowest BCUT2D eigenvalue weighted by Crippen LogP contribution is -2.50. The monoisotopic (exact) mass is 448 g/mol. The molecule has 1 aliphatic heterocycles. The van der Waals surface area contributed by atoms with E-state index in [1.807, 2.05) is 6.07 Å². The molecular weight excluding hydrogens is 423 g/mol. The van der Waals surface area contributed by atoms with Crippen molar-refractivity contribution in [2.45, 2.75) is 37.2 Å². The van der Waals surface area contributed by atoms with Crippen molar-refractivity contribution in [2.24, 2.45) is 5.92 Å². The molecule has 0 spiro atoms. The largest absolute Gasteiger partial charge is 0.349 e. The number of nitrogens with one attached hydrogen (secondary N) is 2. The normalized spacial score (nSPS) is 18.2. The van der Waals surface area contributed by atoms with Gasteiger partial charge in [-0.1, -0.05) is 6.07 Å². The number of carbonyl (C=O) groups excluding carboxylic acids is 2. The van der Waals surface area contributed by atoms with Gasteiger partial charge in [0.05, 0.1) is 23.1 Å². The van der Waals surface area contributed by atoms with E-state index < -0.39 is 27.8 Å².